The van der Waals surface area contributed by atoms with Crippen molar-refractivity contribution in [2.45, 2.75) is 24.3 Å². The first-order chi connectivity index (χ1) is 8.40. The Morgan fingerprint density at radius 1 is 1.56 bits per heavy atom. The normalized spacial score (nSPS) is 17.9. The Kier molecular flexibility index (Phi) is 4.01. The van der Waals surface area contributed by atoms with E-state index >= 15 is 0 Å². The summed E-state index contributed by atoms with van der Waals surface area (Å²) in [4.78, 5) is 0. The summed E-state index contributed by atoms with van der Waals surface area (Å²) in [5, 5.41) is 7.37. The van der Waals surface area contributed by atoms with Crippen molar-refractivity contribution in [1.82, 2.24) is 19.7 Å². The van der Waals surface area contributed by atoms with Crippen LogP contribution in [0.2, 0.25) is 0 Å². The molecule has 1 fully saturated rings. The molecule has 0 atom stereocenters. The van der Waals surface area contributed by atoms with E-state index in [0.717, 1.165) is 19.3 Å². The molecule has 0 bridgehead atoms. The predicted molar refractivity (Wildman–Crippen MR) is 70.9 cm³/mol. The van der Waals surface area contributed by atoms with Crippen LogP contribution in [0, 0.1) is 5.41 Å². The third-order valence-electron chi connectivity index (χ3n) is 3.21. The minimum Gasteiger partial charge on any atom is -0.235 e. The van der Waals surface area contributed by atoms with E-state index in [0.29, 0.717) is 12.4 Å². The Morgan fingerprint density at radius 2 is 2.22 bits per heavy atom. The van der Waals surface area contributed by atoms with Gasteiger partial charge >= 0.3 is 0 Å². The summed E-state index contributed by atoms with van der Waals surface area (Å²) in [7, 11) is -2.05. The van der Waals surface area contributed by atoms with Gasteiger partial charge in [-0.05, 0) is 40.6 Å². The summed E-state index contributed by atoms with van der Waals surface area (Å²) in [5.41, 5.74) is 0.0489. The minimum absolute atomic E-state index is 0.0455. The Labute approximate surface area is 119 Å². The molecule has 102 valence electrons. The van der Waals surface area contributed by atoms with E-state index in [1.165, 1.54) is 11.7 Å². The average Bonchev–Trinajstić information content (AvgIpc) is 2.97. The molecule has 2 rings (SSSR count). The molecular weight excluding hydrogens is 344 g/mol. The summed E-state index contributed by atoms with van der Waals surface area (Å²) >= 11 is 8.80. The van der Waals surface area contributed by atoms with Crippen LogP contribution in [0.1, 0.15) is 19.3 Å². The van der Waals surface area contributed by atoms with Crippen molar-refractivity contribution in [3.63, 3.8) is 0 Å². The number of aryl methyl sites for hydroxylation is 1. The molecule has 1 aliphatic rings. The SMILES string of the molecule is Cn1nnc(Br)c1S(=O)(=O)NCC1(CCCl)CC1. The zero-order valence-electron chi connectivity index (χ0n) is 9.86. The van der Waals surface area contributed by atoms with Gasteiger partial charge in [-0.2, -0.15) is 0 Å². The van der Waals surface area contributed by atoms with Crippen molar-refractivity contribution in [1.29, 1.82) is 0 Å². The molecule has 0 saturated heterocycles. The van der Waals surface area contributed by atoms with Crippen molar-refractivity contribution in [3.8, 4) is 0 Å². The zero-order valence-corrected chi connectivity index (χ0v) is 13.0. The quantitative estimate of drug-likeness (QED) is 0.778. The second-order valence-corrected chi connectivity index (χ2v) is 7.38. The van der Waals surface area contributed by atoms with E-state index in [1.807, 2.05) is 0 Å². The summed E-state index contributed by atoms with van der Waals surface area (Å²) < 4.78 is 28.3. The molecule has 1 aliphatic carbocycles. The summed E-state index contributed by atoms with van der Waals surface area (Å²) in [6.07, 6.45) is 2.88. The number of alkyl halides is 1. The highest BCUT2D eigenvalue weighted by molar-refractivity contribution is 9.10. The van der Waals surface area contributed by atoms with Crippen molar-refractivity contribution in [2.75, 3.05) is 12.4 Å². The van der Waals surface area contributed by atoms with Crippen LogP contribution in [0.3, 0.4) is 0 Å². The number of aromatic nitrogens is 3. The largest absolute Gasteiger partial charge is 0.260 e. The molecule has 1 heterocycles. The number of sulfonamides is 1. The van der Waals surface area contributed by atoms with Crippen molar-refractivity contribution < 1.29 is 8.42 Å². The fourth-order valence-electron chi connectivity index (χ4n) is 1.82. The van der Waals surface area contributed by atoms with Gasteiger partial charge in [-0.1, -0.05) is 5.21 Å². The van der Waals surface area contributed by atoms with Crippen LogP contribution in [0.5, 0.6) is 0 Å². The molecule has 0 aliphatic heterocycles. The summed E-state index contributed by atoms with van der Waals surface area (Å²) in [6.45, 7) is 0.416. The zero-order chi connectivity index (χ0) is 13.4. The molecule has 1 aromatic rings. The van der Waals surface area contributed by atoms with Gasteiger partial charge in [0.15, 0.2) is 4.60 Å². The lowest BCUT2D eigenvalue weighted by Crippen LogP contribution is -2.32. The van der Waals surface area contributed by atoms with Crippen LogP contribution in [0.15, 0.2) is 9.63 Å². The van der Waals surface area contributed by atoms with Crippen LogP contribution < -0.4 is 4.72 Å². The number of rotatable bonds is 6. The lowest BCUT2D eigenvalue weighted by Gasteiger charge is -2.14. The first kappa shape index (κ1) is 14.2. The Balaban J connectivity index is 2.09. The van der Waals surface area contributed by atoms with Gasteiger partial charge < -0.3 is 0 Å². The van der Waals surface area contributed by atoms with Crippen LogP contribution in [0.25, 0.3) is 0 Å². The fourth-order valence-corrected chi connectivity index (χ4v) is 4.46. The van der Waals surface area contributed by atoms with Gasteiger partial charge in [-0.25, -0.2) is 17.8 Å². The maximum absolute atomic E-state index is 12.1. The summed E-state index contributed by atoms with van der Waals surface area (Å²) in [6, 6.07) is 0. The van der Waals surface area contributed by atoms with Crippen molar-refractivity contribution >= 4 is 37.6 Å². The number of halogens is 2. The third kappa shape index (κ3) is 2.87. The van der Waals surface area contributed by atoms with Gasteiger partial charge in [0, 0.05) is 19.5 Å². The van der Waals surface area contributed by atoms with Crippen LogP contribution in [-0.4, -0.2) is 35.8 Å². The predicted octanol–water partition coefficient (Wildman–Crippen LogP) is 1.26. The standard InChI is InChI=1S/C9H14BrClN4O2S/c1-15-8(7(10)13-14-15)18(16,17)12-6-9(2-3-9)4-5-11/h12H,2-6H2,1H3. The van der Waals surface area contributed by atoms with Crippen LogP contribution in [0.4, 0.5) is 0 Å². The molecule has 0 spiro atoms. The van der Waals surface area contributed by atoms with Crippen LogP contribution in [-0.2, 0) is 17.1 Å². The second kappa shape index (κ2) is 5.07. The molecule has 1 aromatic heterocycles. The van der Waals surface area contributed by atoms with E-state index in [1.54, 1.807) is 0 Å². The number of hydrogen-bond acceptors (Lipinski definition) is 4. The van der Waals surface area contributed by atoms with Crippen LogP contribution >= 0.6 is 27.5 Å². The van der Waals surface area contributed by atoms with E-state index in [-0.39, 0.29) is 15.0 Å². The molecule has 0 radical (unpaired) electrons. The second-order valence-electron chi connectivity index (χ2n) is 4.57. The van der Waals surface area contributed by atoms with Gasteiger partial charge in [0.25, 0.3) is 10.0 Å². The molecule has 1 saturated carbocycles. The van der Waals surface area contributed by atoms with E-state index in [4.69, 9.17) is 11.6 Å². The van der Waals surface area contributed by atoms with E-state index in [9.17, 15) is 8.42 Å². The molecule has 0 amide bonds. The molecular formula is C9H14BrClN4O2S. The smallest absolute Gasteiger partial charge is 0.235 e. The van der Waals surface area contributed by atoms with Gasteiger partial charge in [0.2, 0.25) is 5.03 Å². The highest BCUT2D eigenvalue weighted by Gasteiger charge is 2.42. The monoisotopic (exact) mass is 356 g/mol. The topological polar surface area (TPSA) is 76.9 Å². The molecule has 0 aromatic carbocycles. The minimum atomic E-state index is -3.59. The molecule has 18 heavy (non-hydrogen) atoms. The van der Waals surface area contributed by atoms with E-state index in [2.05, 4.69) is 31.0 Å². The number of nitrogens with zero attached hydrogens (tertiary/aromatic N) is 3. The molecule has 6 nitrogen and oxygen atoms in total. The maximum atomic E-state index is 12.1. The summed E-state index contributed by atoms with van der Waals surface area (Å²) in [5.74, 6) is 0.554. The van der Waals surface area contributed by atoms with Gasteiger partial charge in [0.1, 0.15) is 0 Å². The Bertz CT molecular complexity index is 521. The highest BCUT2D eigenvalue weighted by Crippen LogP contribution is 2.48. The first-order valence-electron chi connectivity index (χ1n) is 5.51. The molecule has 9 heteroatoms. The maximum Gasteiger partial charge on any atom is 0.260 e. The highest BCUT2D eigenvalue weighted by atomic mass is 79.9. The number of nitrogens with one attached hydrogen (secondary N) is 1. The average molecular weight is 358 g/mol. The van der Waals surface area contributed by atoms with Crippen molar-refractivity contribution in [2.24, 2.45) is 12.5 Å². The van der Waals surface area contributed by atoms with Gasteiger partial charge in [-0.15, -0.1) is 16.7 Å². The van der Waals surface area contributed by atoms with Gasteiger partial charge in [0.05, 0.1) is 0 Å². The first-order valence-corrected chi connectivity index (χ1v) is 8.32. The van der Waals surface area contributed by atoms with E-state index < -0.39 is 10.0 Å². The number of hydrogen-bond donors (Lipinski definition) is 1. The molecule has 1 N–H and O–H groups in total. The van der Waals surface area contributed by atoms with Gasteiger partial charge in [-0.3, -0.25) is 0 Å². The lowest BCUT2D eigenvalue weighted by atomic mass is 10.1. The Morgan fingerprint density at radius 3 is 2.67 bits per heavy atom. The Hall–Kier alpha value is -0.180. The third-order valence-corrected chi connectivity index (χ3v) is 5.69. The fraction of sp³-hybridized carbons (Fsp3) is 0.778. The van der Waals surface area contributed by atoms with Crippen molar-refractivity contribution in [3.05, 3.63) is 4.60 Å². The lowest BCUT2D eigenvalue weighted by molar-refractivity contribution is 0.475. The molecule has 0 unspecified atom stereocenters.